The van der Waals surface area contributed by atoms with Gasteiger partial charge < -0.3 is 10.8 Å². The number of imidazole rings is 1. The smallest absolute Gasteiger partial charge is 0.262 e. The second-order valence-corrected chi connectivity index (χ2v) is 8.81. The molecule has 0 fully saturated rings. The SMILES string of the molecule is Cc1c(CO)cc(F)cc1S(=O)(=O)Nc1cccc(-c2nc(C)n3ccnc(N)c23)c1F. The third kappa shape index (κ3) is 3.55. The van der Waals surface area contributed by atoms with Gasteiger partial charge in [0.25, 0.3) is 10.0 Å². The van der Waals surface area contributed by atoms with Gasteiger partial charge in [0.15, 0.2) is 5.82 Å². The molecule has 0 radical (unpaired) electrons. The van der Waals surface area contributed by atoms with Crippen LogP contribution in [0.25, 0.3) is 16.8 Å². The molecule has 4 aromatic rings. The molecule has 0 spiro atoms. The fourth-order valence-electron chi connectivity index (χ4n) is 3.55. The number of aryl methyl sites for hydroxylation is 1. The molecule has 2 aromatic carbocycles. The van der Waals surface area contributed by atoms with Gasteiger partial charge in [-0.15, -0.1) is 0 Å². The van der Waals surface area contributed by atoms with Crippen molar-refractivity contribution in [1.82, 2.24) is 14.4 Å². The molecule has 0 atom stereocenters. The number of nitrogen functional groups attached to an aromatic ring is 1. The zero-order valence-electron chi connectivity index (χ0n) is 17.1. The molecule has 0 aliphatic carbocycles. The second kappa shape index (κ2) is 7.84. The number of hydrogen-bond donors (Lipinski definition) is 3. The number of nitrogens with zero attached hydrogens (tertiary/aromatic N) is 3. The predicted molar refractivity (Wildman–Crippen MR) is 115 cm³/mol. The Morgan fingerprint density at radius 2 is 1.97 bits per heavy atom. The van der Waals surface area contributed by atoms with Crippen molar-refractivity contribution in [3.63, 3.8) is 0 Å². The van der Waals surface area contributed by atoms with Crippen LogP contribution in [-0.4, -0.2) is 27.9 Å². The number of rotatable bonds is 5. The number of fused-ring (bicyclic) bond motifs is 1. The number of aliphatic hydroxyl groups excluding tert-OH is 1. The molecule has 166 valence electrons. The third-order valence-corrected chi connectivity index (χ3v) is 6.64. The zero-order chi connectivity index (χ0) is 23.2. The van der Waals surface area contributed by atoms with E-state index in [1.54, 1.807) is 17.5 Å². The maximum absolute atomic E-state index is 15.4. The highest BCUT2D eigenvalue weighted by atomic mass is 32.2. The number of sulfonamides is 1. The minimum absolute atomic E-state index is 0.0162. The first-order chi connectivity index (χ1) is 15.1. The van der Waals surface area contributed by atoms with Gasteiger partial charge in [-0.1, -0.05) is 6.07 Å². The molecule has 8 nitrogen and oxygen atoms in total. The Hall–Kier alpha value is -3.57. The molecular weight excluding hydrogens is 440 g/mol. The number of nitrogens with two attached hydrogens (primary N) is 1. The van der Waals surface area contributed by atoms with Crippen LogP contribution in [0.3, 0.4) is 0 Å². The van der Waals surface area contributed by atoms with Crippen molar-refractivity contribution in [3.8, 4) is 11.3 Å². The molecule has 0 aliphatic heterocycles. The van der Waals surface area contributed by atoms with E-state index in [9.17, 15) is 17.9 Å². The first-order valence-corrected chi connectivity index (χ1v) is 10.9. The fraction of sp³-hybridized carbons (Fsp3) is 0.143. The summed E-state index contributed by atoms with van der Waals surface area (Å²) in [5, 5.41) is 9.37. The summed E-state index contributed by atoms with van der Waals surface area (Å²) in [5.41, 5.74) is 6.50. The highest BCUT2D eigenvalue weighted by Gasteiger charge is 2.24. The molecule has 2 heterocycles. The van der Waals surface area contributed by atoms with E-state index in [2.05, 4.69) is 14.7 Å². The van der Waals surface area contributed by atoms with Gasteiger partial charge in [-0.3, -0.25) is 9.12 Å². The van der Waals surface area contributed by atoms with Crippen LogP contribution in [0.15, 0.2) is 47.6 Å². The Bertz CT molecular complexity index is 1470. The lowest BCUT2D eigenvalue weighted by Crippen LogP contribution is -2.16. The normalized spacial score (nSPS) is 11.8. The molecule has 0 aliphatic rings. The van der Waals surface area contributed by atoms with Crippen molar-refractivity contribution in [2.45, 2.75) is 25.3 Å². The molecular formula is C21H19F2N5O3S. The summed E-state index contributed by atoms with van der Waals surface area (Å²) in [6, 6.07) is 6.00. The van der Waals surface area contributed by atoms with Crippen molar-refractivity contribution in [2.24, 2.45) is 0 Å². The lowest BCUT2D eigenvalue weighted by Gasteiger charge is -2.14. The van der Waals surface area contributed by atoms with Crippen LogP contribution in [-0.2, 0) is 16.6 Å². The van der Waals surface area contributed by atoms with Gasteiger partial charge in [0.05, 0.1) is 17.2 Å². The van der Waals surface area contributed by atoms with Crippen LogP contribution in [0.1, 0.15) is 17.0 Å². The van der Waals surface area contributed by atoms with E-state index in [1.165, 1.54) is 31.3 Å². The first-order valence-electron chi connectivity index (χ1n) is 9.44. The quantitative estimate of drug-likeness (QED) is 0.421. The second-order valence-electron chi connectivity index (χ2n) is 7.16. The van der Waals surface area contributed by atoms with Crippen LogP contribution in [0, 0.1) is 25.5 Å². The van der Waals surface area contributed by atoms with E-state index in [1.807, 2.05) is 0 Å². The third-order valence-electron chi connectivity index (χ3n) is 5.15. The minimum Gasteiger partial charge on any atom is -0.392 e. The molecule has 2 aromatic heterocycles. The maximum Gasteiger partial charge on any atom is 0.262 e. The Balaban J connectivity index is 1.83. The van der Waals surface area contributed by atoms with E-state index >= 15 is 4.39 Å². The largest absolute Gasteiger partial charge is 0.392 e. The number of aromatic nitrogens is 3. The van der Waals surface area contributed by atoms with Crippen molar-refractivity contribution < 1.29 is 22.3 Å². The topological polar surface area (TPSA) is 123 Å². The van der Waals surface area contributed by atoms with Crippen LogP contribution >= 0.6 is 0 Å². The Morgan fingerprint density at radius 1 is 1.22 bits per heavy atom. The molecule has 4 rings (SSSR count). The fourth-order valence-corrected chi connectivity index (χ4v) is 4.90. The maximum atomic E-state index is 15.4. The van der Waals surface area contributed by atoms with Gasteiger partial charge in [-0.25, -0.2) is 27.2 Å². The highest BCUT2D eigenvalue weighted by Crippen LogP contribution is 2.33. The summed E-state index contributed by atoms with van der Waals surface area (Å²) < 4.78 is 59.1. The number of benzene rings is 2. The molecule has 0 saturated carbocycles. The van der Waals surface area contributed by atoms with Gasteiger partial charge in [-0.05, 0) is 49.2 Å². The number of halogens is 2. The Kier molecular flexibility index (Phi) is 5.31. The molecule has 4 N–H and O–H groups in total. The van der Waals surface area contributed by atoms with Gasteiger partial charge in [-0.2, -0.15) is 0 Å². The van der Waals surface area contributed by atoms with E-state index < -0.39 is 33.2 Å². The summed E-state index contributed by atoms with van der Waals surface area (Å²) in [6.45, 7) is 2.60. The van der Waals surface area contributed by atoms with Crippen LogP contribution in [0.2, 0.25) is 0 Å². The molecule has 0 bridgehead atoms. The number of nitrogens with one attached hydrogen (secondary N) is 1. The first kappa shape index (κ1) is 21.7. The number of aliphatic hydroxyl groups is 1. The zero-order valence-corrected chi connectivity index (χ0v) is 17.9. The molecule has 0 unspecified atom stereocenters. The van der Waals surface area contributed by atoms with Crippen molar-refractivity contribution in [2.75, 3.05) is 10.5 Å². The molecule has 32 heavy (non-hydrogen) atoms. The minimum atomic E-state index is -4.37. The van der Waals surface area contributed by atoms with E-state index in [-0.39, 0.29) is 33.9 Å². The lowest BCUT2D eigenvalue weighted by molar-refractivity contribution is 0.280. The Morgan fingerprint density at radius 3 is 2.69 bits per heavy atom. The van der Waals surface area contributed by atoms with Gasteiger partial charge >= 0.3 is 0 Å². The van der Waals surface area contributed by atoms with Crippen molar-refractivity contribution in [3.05, 3.63) is 71.3 Å². The van der Waals surface area contributed by atoms with E-state index in [4.69, 9.17) is 5.73 Å². The summed E-state index contributed by atoms with van der Waals surface area (Å²) >= 11 is 0. The van der Waals surface area contributed by atoms with E-state index in [0.29, 0.717) is 11.3 Å². The monoisotopic (exact) mass is 459 g/mol. The average molecular weight is 459 g/mol. The lowest BCUT2D eigenvalue weighted by atomic mass is 10.1. The molecule has 0 saturated heterocycles. The summed E-state index contributed by atoms with van der Waals surface area (Å²) in [6.07, 6.45) is 3.12. The van der Waals surface area contributed by atoms with Gasteiger partial charge in [0, 0.05) is 18.0 Å². The Labute approximate surface area is 182 Å². The number of hydrogen-bond acceptors (Lipinski definition) is 6. The van der Waals surface area contributed by atoms with Crippen molar-refractivity contribution >= 4 is 27.0 Å². The van der Waals surface area contributed by atoms with Crippen LogP contribution in [0.5, 0.6) is 0 Å². The summed E-state index contributed by atoms with van der Waals surface area (Å²) in [4.78, 5) is 7.99. The molecule has 0 amide bonds. The van der Waals surface area contributed by atoms with Crippen LogP contribution in [0.4, 0.5) is 20.3 Å². The number of anilines is 2. The van der Waals surface area contributed by atoms with Crippen molar-refractivity contribution in [1.29, 1.82) is 0 Å². The predicted octanol–water partition coefficient (Wildman–Crippen LogP) is 3.17. The van der Waals surface area contributed by atoms with E-state index in [0.717, 1.165) is 12.1 Å². The summed E-state index contributed by atoms with van der Waals surface area (Å²) in [5.74, 6) is -1.03. The average Bonchev–Trinajstić information content (AvgIpc) is 3.08. The highest BCUT2D eigenvalue weighted by molar-refractivity contribution is 7.92. The summed E-state index contributed by atoms with van der Waals surface area (Å²) in [7, 11) is -4.37. The van der Waals surface area contributed by atoms with Gasteiger partial charge in [0.2, 0.25) is 0 Å². The molecule has 11 heteroatoms. The van der Waals surface area contributed by atoms with Gasteiger partial charge in [0.1, 0.15) is 28.7 Å². The standard InChI is InChI=1S/C21H19F2N5O3S/c1-11-13(10-29)8-14(22)9-17(11)32(30,31)27-16-5-3-4-15(18(16)23)19-20-21(24)25-6-7-28(20)12(2)26-19/h3-9,27,29H,10H2,1-2H3,(H2,24,25). The van der Waals surface area contributed by atoms with Crippen LogP contribution < -0.4 is 10.5 Å².